The SMILES string of the molecule is Cc1cccc2c1oc1c(-c3cccc(-c4cnc5c6ccccc6c6ccccc6c5n4)c3)c3oc4c(C)cccc4c3cc12. The van der Waals surface area contributed by atoms with E-state index < -0.39 is 0 Å². The van der Waals surface area contributed by atoms with E-state index in [1.54, 1.807) is 0 Å². The van der Waals surface area contributed by atoms with Gasteiger partial charge >= 0.3 is 0 Å². The van der Waals surface area contributed by atoms with Crippen molar-refractivity contribution in [1.82, 2.24) is 9.97 Å². The molecule has 0 unspecified atom stereocenters. The van der Waals surface area contributed by atoms with Crippen LogP contribution >= 0.6 is 0 Å². The van der Waals surface area contributed by atoms with Crippen molar-refractivity contribution >= 4 is 76.5 Å². The molecule has 3 heterocycles. The molecule has 0 saturated carbocycles. The number of furan rings is 2. The molecule has 10 rings (SSSR count). The van der Waals surface area contributed by atoms with E-state index in [4.69, 9.17) is 18.8 Å². The number of aryl methyl sites for hydroxylation is 2. The van der Waals surface area contributed by atoms with E-state index in [0.29, 0.717) is 0 Å². The monoisotopic (exact) mass is 590 g/mol. The van der Waals surface area contributed by atoms with Gasteiger partial charge in [-0.05, 0) is 53.4 Å². The van der Waals surface area contributed by atoms with Crippen molar-refractivity contribution in [2.45, 2.75) is 13.8 Å². The van der Waals surface area contributed by atoms with Crippen molar-refractivity contribution in [2.24, 2.45) is 0 Å². The third-order valence-corrected chi connectivity index (χ3v) is 9.52. The molecule has 0 aliphatic carbocycles. The van der Waals surface area contributed by atoms with Gasteiger partial charge < -0.3 is 8.83 Å². The van der Waals surface area contributed by atoms with Crippen LogP contribution in [0.4, 0.5) is 0 Å². The maximum Gasteiger partial charge on any atom is 0.147 e. The highest BCUT2D eigenvalue weighted by Gasteiger charge is 2.22. The number of benzene rings is 7. The Bertz CT molecular complexity index is 2760. The molecule has 216 valence electrons. The molecule has 4 nitrogen and oxygen atoms in total. The molecule has 3 aromatic heterocycles. The molecule has 0 atom stereocenters. The second-order valence-electron chi connectivity index (χ2n) is 12.2. The minimum absolute atomic E-state index is 0.819. The van der Waals surface area contributed by atoms with Crippen molar-refractivity contribution in [3.05, 3.63) is 133 Å². The van der Waals surface area contributed by atoms with Crippen LogP contribution in [0.5, 0.6) is 0 Å². The van der Waals surface area contributed by atoms with Crippen LogP contribution in [-0.2, 0) is 0 Å². The quantitative estimate of drug-likeness (QED) is 0.188. The predicted octanol–water partition coefficient (Wildman–Crippen LogP) is 11.7. The fourth-order valence-electron chi connectivity index (χ4n) is 7.32. The molecular formula is C42H26N2O2. The van der Waals surface area contributed by atoms with E-state index >= 15 is 0 Å². The van der Waals surface area contributed by atoms with Crippen molar-refractivity contribution in [1.29, 1.82) is 0 Å². The van der Waals surface area contributed by atoms with E-state index in [2.05, 4.69) is 129 Å². The first-order valence-corrected chi connectivity index (χ1v) is 15.6. The first-order valence-electron chi connectivity index (χ1n) is 15.6. The van der Waals surface area contributed by atoms with Crippen molar-refractivity contribution < 1.29 is 8.83 Å². The molecule has 0 amide bonds. The summed E-state index contributed by atoms with van der Waals surface area (Å²) in [5.41, 5.74) is 11.3. The molecule has 7 aromatic carbocycles. The summed E-state index contributed by atoms with van der Waals surface area (Å²) in [4.78, 5) is 10.3. The standard InChI is InChI=1S/C42H26N2O2/c1-23-10-7-18-31-33-21-34-32-19-8-11-24(2)40(32)46-42(34)36(41(33)45-39(23)31)26-13-9-12-25(20-26)35-22-43-37-29-16-5-3-14-27(29)28-15-4-6-17-30(28)38(37)44-35/h3-22H,1-2H3. The third-order valence-electron chi connectivity index (χ3n) is 9.52. The normalized spacial score (nSPS) is 12.1. The van der Waals surface area contributed by atoms with Gasteiger partial charge in [-0.15, -0.1) is 0 Å². The molecule has 0 saturated heterocycles. The molecule has 0 radical (unpaired) electrons. The Morgan fingerprint density at radius 2 is 0.957 bits per heavy atom. The van der Waals surface area contributed by atoms with Gasteiger partial charge in [-0.1, -0.05) is 103 Å². The summed E-state index contributed by atoms with van der Waals surface area (Å²) in [7, 11) is 0. The summed E-state index contributed by atoms with van der Waals surface area (Å²) in [6.45, 7) is 4.19. The number of rotatable bonds is 2. The number of aromatic nitrogens is 2. The largest absolute Gasteiger partial charge is 0.455 e. The van der Waals surface area contributed by atoms with Gasteiger partial charge in [-0.2, -0.15) is 0 Å². The van der Waals surface area contributed by atoms with Gasteiger partial charge in [0.05, 0.1) is 28.5 Å². The first kappa shape index (κ1) is 25.3. The second-order valence-corrected chi connectivity index (χ2v) is 12.2. The number of hydrogen-bond acceptors (Lipinski definition) is 4. The summed E-state index contributed by atoms with van der Waals surface area (Å²) in [6, 6.07) is 40.3. The van der Waals surface area contributed by atoms with Crippen LogP contribution < -0.4 is 0 Å². The highest BCUT2D eigenvalue weighted by atomic mass is 16.3. The second kappa shape index (κ2) is 9.26. The van der Waals surface area contributed by atoms with Gasteiger partial charge in [0.2, 0.25) is 0 Å². The van der Waals surface area contributed by atoms with E-state index in [1.807, 2.05) is 6.20 Å². The van der Waals surface area contributed by atoms with Crippen LogP contribution in [0.3, 0.4) is 0 Å². The summed E-state index contributed by atoms with van der Waals surface area (Å²) in [5.74, 6) is 0. The Labute approximate surface area is 263 Å². The average molecular weight is 591 g/mol. The smallest absolute Gasteiger partial charge is 0.147 e. The Morgan fingerprint density at radius 1 is 0.435 bits per heavy atom. The molecule has 10 aromatic rings. The summed E-state index contributed by atoms with van der Waals surface area (Å²) < 4.78 is 13.4. The molecule has 0 bridgehead atoms. The topological polar surface area (TPSA) is 52.1 Å². The average Bonchev–Trinajstić information content (AvgIpc) is 3.67. The number of nitrogens with zero attached hydrogens (tertiary/aromatic N) is 2. The molecule has 0 fully saturated rings. The number of para-hydroxylation sites is 2. The highest BCUT2D eigenvalue weighted by Crippen LogP contribution is 2.46. The minimum Gasteiger partial charge on any atom is -0.455 e. The lowest BCUT2D eigenvalue weighted by atomic mass is 9.96. The third kappa shape index (κ3) is 3.44. The van der Waals surface area contributed by atoms with E-state index in [0.717, 1.165) is 99.2 Å². The Balaban J connectivity index is 1.26. The maximum absolute atomic E-state index is 6.71. The molecule has 0 aliphatic rings. The molecule has 4 heteroatoms. The highest BCUT2D eigenvalue weighted by molar-refractivity contribution is 6.24. The molecule has 0 N–H and O–H groups in total. The van der Waals surface area contributed by atoms with E-state index in [9.17, 15) is 0 Å². The van der Waals surface area contributed by atoms with Crippen molar-refractivity contribution in [2.75, 3.05) is 0 Å². The molecule has 0 aliphatic heterocycles. The zero-order valence-electron chi connectivity index (χ0n) is 25.3. The summed E-state index contributed by atoms with van der Waals surface area (Å²) in [5, 5.41) is 8.96. The van der Waals surface area contributed by atoms with E-state index in [1.165, 1.54) is 10.8 Å². The Morgan fingerprint density at radius 3 is 1.59 bits per heavy atom. The van der Waals surface area contributed by atoms with Crippen molar-refractivity contribution in [3.8, 4) is 22.4 Å². The Hall–Kier alpha value is -6.00. The van der Waals surface area contributed by atoms with Gasteiger partial charge in [0.1, 0.15) is 22.3 Å². The van der Waals surface area contributed by atoms with Gasteiger partial charge in [0.15, 0.2) is 0 Å². The van der Waals surface area contributed by atoms with Crippen molar-refractivity contribution in [3.63, 3.8) is 0 Å². The summed E-state index contributed by atoms with van der Waals surface area (Å²) >= 11 is 0. The number of hydrogen-bond donors (Lipinski definition) is 0. The minimum atomic E-state index is 0.819. The van der Waals surface area contributed by atoms with Crippen LogP contribution in [0.15, 0.2) is 130 Å². The summed E-state index contributed by atoms with van der Waals surface area (Å²) in [6.07, 6.45) is 1.90. The number of fused-ring (bicyclic) bond motifs is 12. The van der Waals surface area contributed by atoms with Gasteiger partial charge in [-0.3, -0.25) is 4.98 Å². The van der Waals surface area contributed by atoms with E-state index in [-0.39, 0.29) is 0 Å². The lowest BCUT2D eigenvalue weighted by Gasteiger charge is -2.11. The lowest BCUT2D eigenvalue weighted by Crippen LogP contribution is -1.92. The maximum atomic E-state index is 6.71. The van der Waals surface area contributed by atoms with Crippen LogP contribution in [0.25, 0.3) is 98.8 Å². The van der Waals surface area contributed by atoms with Gasteiger partial charge in [0, 0.05) is 37.9 Å². The molecule has 46 heavy (non-hydrogen) atoms. The Kier molecular flexibility index (Phi) is 5.10. The first-order chi connectivity index (χ1) is 22.6. The van der Waals surface area contributed by atoms with Crippen LogP contribution in [-0.4, -0.2) is 9.97 Å². The fraction of sp³-hybridized carbons (Fsp3) is 0.0476. The molecular weight excluding hydrogens is 564 g/mol. The van der Waals surface area contributed by atoms with Crippen LogP contribution in [0.1, 0.15) is 11.1 Å². The van der Waals surface area contributed by atoms with Gasteiger partial charge in [-0.25, -0.2) is 4.98 Å². The van der Waals surface area contributed by atoms with Crippen LogP contribution in [0, 0.1) is 13.8 Å². The van der Waals surface area contributed by atoms with Gasteiger partial charge in [0.25, 0.3) is 0 Å². The fourth-order valence-corrected chi connectivity index (χ4v) is 7.32. The lowest BCUT2D eigenvalue weighted by molar-refractivity contribution is 0.655. The zero-order valence-corrected chi connectivity index (χ0v) is 25.3. The molecule has 0 spiro atoms. The van der Waals surface area contributed by atoms with Crippen LogP contribution in [0.2, 0.25) is 0 Å². The zero-order chi connectivity index (χ0) is 30.5. The predicted molar refractivity (Wildman–Crippen MR) is 189 cm³/mol.